The van der Waals surface area contributed by atoms with Crippen LogP contribution in [0.25, 0.3) is 0 Å². The molecule has 4 nitrogen and oxygen atoms in total. The number of hydrogen-bond donors (Lipinski definition) is 0. The Balaban J connectivity index is 1.74. The summed E-state index contributed by atoms with van der Waals surface area (Å²) in [6.07, 6.45) is 0.235. The average molecular weight is 329 g/mol. The van der Waals surface area contributed by atoms with Gasteiger partial charge >= 0.3 is 0 Å². The van der Waals surface area contributed by atoms with E-state index >= 15 is 0 Å². The van der Waals surface area contributed by atoms with Crippen molar-refractivity contribution in [3.05, 3.63) is 59.6 Å². The maximum atomic E-state index is 12.6. The second-order valence-corrected chi connectivity index (χ2v) is 6.05. The van der Waals surface area contributed by atoms with E-state index in [1.807, 2.05) is 30.3 Å². The Bertz CT molecular complexity index is 716. The van der Waals surface area contributed by atoms with Crippen LogP contribution in [0.15, 0.2) is 54.6 Å². The first-order valence-electron chi connectivity index (χ1n) is 7.45. The number of amides is 2. The molecule has 0 saturated carbocycles. The second-order valence-electron chi connectivity index (χ2n) is 5.61. The first-order valence-corrected chi connectivity index (χ1v) is 7.82. The van der Waals surface area contributed by atoms with Crippen LogP contribution in [0.5, 0.6) is 0 Å². The van der Waals surface area contributed by atoms with Crippen molar-refractivity contribution in [2.24, 2.45) is 5.92 Å². The third kappa shape index (κ3) is 3.22. The Hall–Kier alpha value is -2.33. The van der Waals surface area contributed by atoms with Gasteiger partial charge in [-0.25, -0.2) is 0 Å². The molecule has 2 aromatic rings. The SMILES string of the molecule is CN(C(=O)[C@H]1CC(=O)N(c2ccc(Cl)cc2)C1)c1ccccc1. The molecule has 118 valence electrons. The van der Waals surface area contributed by atoms with Gasteiger partial charge in [-0.3, -0.25) is 9.59 Å². The van der Waals surface area contributed by atoms with Crippen molar-refractivity contribution in [3.63, 3.8) is 0 Å². The number of carbonyl (C=O) groups is 2. The maximum absolute atomic E-state index is 12.6. The zero-order valence-corrected chi connectivity index (χ0v) is 13.5. The van der Waals surface area contributed by atoms with Gasteiger partial charge in [-0.05, 0) is 36.4 Å². The van der Waals surface area contributed by atoms with E-state index in [0.29, 0.717) is 11.6 Å². The zero-order valence-electron chi connectivity index (χ0n) is 12.8. The molecule has 0 aliphatic carbocycles. The lowest BCUT2D eigenvalue weighted by atomic mass is 10.1. The zero-order chi connectivity index (χ0) is 16.4. The molecule has 0 unspecified atom stereocenters. The summed E-state index contributed by atoms with van der Waals surface area (Å²) in [7, 11) is 1.74. The summed E-state index contributed by atoms with van der Waals surface area (Å²) in [6, 6.07) is 16.5. The maximum Gasteiger partial charge on any atom is 0.232 e. The first-order chi connectivity index (χ1) is 11.1. The highest BCUT2D eigenvalue weighted by molar-refractivity contribution is 6.30. The fourth-order valence-corrected chi connectivity index (χ4v) is 2.92. The quantitative estimate of drug-likeness (QED) is 0.867. The van der Waals surface area contributed by atoms with Gasteiger partial charge < -0.3 is 9.80 Å². The molecule has 2 aromatic carbocycles. The number of nitrogens with zero attached hydrogens (tertiary/aromatic N) is 2. The van der Waals surface area contributed by atoms with Crippen molar-refractivity contribution in [1.82, 2.24) is 0 Å². The van der Waals surface area contributed by atoms with Gasteiger partial charge in [0.1, 0.15) is 0 Å². The van der Waals surface area contributed by atoms with Gasteiger partial charge in [0.15, 0.2) is 0 Å². The van der Waals surface area contributed by atoms with Gasteiger partial charge in [0.2, 0.25) is 11.8 Å². The van der Waals surface area contributed by atoms with E-state index in [2.05, 4.69) is 0 Å². The molecule has 1 fully saturated rings. The average Bonchev–Trinajstić information content (AvgIpc) is 2.97. The summed E-state index contributed by atoms with van der Waals surface area (Å²) in [5.41, 5.74) is 1.60. The third-order valence-electron chi connectivity index (χ3n) is 4.09. The lowest BCUT2D eigenvalue weighted by Crippen LogP contribution is -2.34. The van der Waals surface area contributed by atoms with Crippen molar-refractivity contribution >= 4 is 34.8 Å². The van der Waals surface area contributed by atoms with Crippen LogP contribution in [0.2, 0.25) is 5.02 Å². The summed E-state index contributed by atoms with van der Waals surface area (Å²) >= 11 is 5.88. The molecule has 2 amide bonds. The monoisotopic (exact) mass is 328 g/mol. The predicted molar refractivity (Wildman–Crippen MR) is 91.8 cm³/mol. The Labute approximate surface area is 140 Å². The molecule has 1 aliphatic rings. The summed E-state index contributed by atoms with van der Waals surface area (Å²) in [5.74, 6) is -0.406. The van der Waals surface area contributed by atoms with Gasteiger partial charge in [0.05, 0.1) is 5.92 Å². The van der Waals surface area contributed by atoms with Crippen LogP contribution < -0.4 is 9.80 Å². The van der Waals surface area contributed by atoms with Crippen molar-refractivity contribution in [2.45, 2.75) is 6.42 Å². The second kappa shape index (κ2) is 6.42. The predicted octanol–water partition coefficient (Wildman–Crippen LogP) is 3.36. The molecule has 1 atom stereocenters. The van der Waals surface area contributed by atoms with Crippen LogP contribution in [0.4, 0.5) is 11.4 Å². The smallest absolute Gasteiger partial charge is 0.232 e. The molecule has 0 radical (unpaired) electrons. The molecule has 0 spiro atoms. The topological polar surface area (TPSA) is 40.6 Å². The summed E-state index contributed by atoms with van der Waals surface area (Å²) < 4.78 is 0. The highest BCUT2D eigenvalue weighted by Crippen LogP contribution is 2.28. The molecule has 3 rings (SSSR count). The Morgan fingerprint density at radius 2 is 1.78 bits per heavy atom. The lowest BCUT2D eigenvalue weighted by Gasteiger charge is -2.21. The molecule has 0 N–H and O–H groups in total. The van der Waals surface area contributed by atoms with Gasteiger partial charge in [-0.15, -0.1) is 0 Å². The van der Waals surface area contributed by atoms with E-state index in [-0.39, 0.29) is 24.2 Å². The highest BCUT2D eigenvalue weighted by atomic mass is 35.5. The fraction of sp³-hybridized carbons (Fsp3) is 0.222. The number of anilines is 2. The number of carbonyl (C=O) groups excluding carboxylic acids is 2. The molecule has 5 heteroatoms. The highest BCUT2D eigenvalue weighted by Gasteiger charge is 2.36. The van der Waals surface area contributed by atoms with Crippen LogP contribution in [-0.2, 0) is 9.59 Å². The molecular formula is C18H17ClN2O2. The first kappa shape index (κ1) is 15.6. The van der Waals surface area contributed by atoms with Gasteiger partial charge in [-0.2, -0.15) is 0 Å². The molecule has 1 heterocycles. The van der Waals surface area contributed by atoms with Gasteiger partial charge in [0, 0.05) is 36.4 Å². The molecule has 1 saturated heterocycles. The minimum absolute atomic E-state index is 0.0351. The van der Waals surface area contributed by atoms with Crippen LogP contribution >= 0.6 is 11.6 Å². The van der Waals surface area contributed by atoms with Crippen LogP contribution in [0.1, 0.15) is 6.42 Å². The van der Waals surface area contributed by atoms with Crippen LogP contribution in [0.3, 0.4) is 0 Å². The minimum atomic E-state index is -0.330. The van der Waals surface area contributed by atoms with Crippen LogP contribution in [-0.4, -0.2) is 25.4 Å². The van der Waals surface area contributed by atoms with E-state index < -0.39 is 0 Å². The number of halogens is 1. The third-order valence-corrected chi connectivity index (χ3v) is 4.34. The number of hydrogen-bond acceptors (Lipinski definition) is 2. The van der Waals surface area contributed by atoms with E-state index in [4.69, 9.17) is 11.6 Å². The minimum Gasteiger partial charge on any atom is -0.315 e. The standard InChI is InChI=1S/C18H17ClN2O2/c1-20(15-5-3-2-4-6-15)18(23)13-11-17(22)21(12-13)16-9-7-14(19)8-10-16/h2-10,13H,11-12H2,1H3/t13-/m0/s1. The van der Waals surface area contributed by atoms with E-state index in [1.165, 1.54) is 0 Å². The molecule has 0 aromatic heterocycles. The fourth-order valence-electron chi connectivity index (χ4n) is 2.80. The number of benzene rings is 2. The van der Waals surface area contributed by atoms with E-state index in [1.54, 1.807) is 41.1 Å². The van der Waals surface area contributed by atoms with Crippen molar-refractivity contribution in [2.75, 3.05) is 23.4 Å². The molecule has 1 aliphatic heterocycles. The van der Waals surface area contributed by atoms with Gasteiger partial charge in [0.25, 0.3) is 0 Å². The number of rotatable bonds is 3. The van der Waals surface area contributed by atoms with Crippen molar-refractivity contribution in [3.8, 4) is 0 Å². The van der Waals surface area contributed by atoms with Crippen molar-refractivity contribution < 1.29 is 9.59 Å². The van der Waals surface area contributed by atoms with E-state index in [0.717, 1.165) is 11.4 Å². The van der Waals surface area contributed by atoms with Crippen LogP contribution in [0, 0.1) is 5.92 Å². The van der Waals surface area contributed by atoms with Crippen molar-refractivity contribution in [1.29, 1.82) is 0 Å². The Morgan fingerprint density at radius 3 is 2.43 bits per heavy atom. The largest absolute Gasteiger partial charge is 0.315 e. The molecule has 0 bridgehead atoms. The summed E-state index contributed by atoms with van der Waals surface area (Å²) in [5, 5.41) is 0.622. The van der Waals surface area contributed by atoms with Gasteiger partial charge in [-0.1, -0.05) is 29.8 Å². The Morgan fingerprint density at radius 1 is 1.13 bits per heavy atom. The molecular weight excluding hydrogens is 312 g/mol. The Kier molecular flexibility index (Phi) is 4.35. The summed E-state index contributed by atoms with van der Waals surface area (Å²) in [6.45, 7) is 0.399. The lowest BCUT2D eigenvalue weighted by molar-refractivity contribution is -0.124. The normalized spacial score (nSPS) is 17.4. The van der Waals surface area contributed by atoms with E-state index in [9.17, 15) is 9.59 Å². The molecule has 23 heavy (non-hydrogen) atoms. The summed E-state index contributed by atoms with van der Waals surface area (Å²) in [4.78, 5) is 28.2. The number of para-hydroxylation sites is 1.